The number of esters is 1. The lowest BCUT2D eigenvalue weighted by molar-refractivity contribution is -0.141. The second-order valence-corrected chi connectivity index (χ2v) is 7.89. The third-order valence-electron chi connectivity index (χ3n) is 4.57. The molecule has 1 aliphatic rings. The summed E-state index contributed by atoms with van der Waals surface area (Å²) in [6, 6.07) is 0. The maximum absolute atomic E-state index is 12.2. The summed E-state index contributed by atoms with van der Waals surface area (Å²) in [5.41, 5.74) is 3.39. The van der Waals surface area contributed by atoms with E-state index < -0.39 is 23.4 Å². The number of amides is 1. The quantitative estimate of drug-likeness (QED) is 0.207. The monoisotopic (exact) mass is 442 g/mol. The van der Waals surface area contributed by atoms with Crippen molar-refractivity contribution >= 4 is 23.4 Å². The van der Waals surface area contributed by atoms with Crippen LogP contribution in [0.5, 0.6) is 0 Å². The Labute approximate surface area is 190 Å². The summed E-state index contributed by atoms with van der Waals surface area (Å²) in [6.07, 6.45) is 11.5. The highest BCUT2D eigenvalue weighted by Gasteiger charge is 2.21. The fourth-order valence-electron chi connectivity index (χ4n) is 2.88. The SMILES string of the molecule is CCOC(=O)CNC1=CC(=O)C(NC(=O)C=C(C)CCC=C(C)CCC=C(C)C)=CC1=O. The van der Waals surface area contributed by atoms with E-state index >= 15 is 0 Å². The number of carbonyl (C=O) groups excluding carboxylic acids is 4. The molecule has 2 N–H and O–H groups in total. The molecule has 0 aromatic rings. The molecule has 0 atom stereocenters. The third-order valence-corrected chi connectivity index (χ3v) is 4.57. The number of nitrogens with one attached hydrogen (secondary N) is 2. The van der Waals surface area contributed by atoms with Crippen LogP contribution >= 0.6 is 0 Å². The number of hydrogen-bond donors (Lipinski definition) is 2. The van der Waals surface area contributed by atoms with Crippen LogP contribution in [0.2, 0.25) is 0 Å². The fraction of sp³-hybridized carbons (Fsp3) is 0.440. The zero-order chi connectivity index (χ0) is 24.1. The average Bonchev–Trinajstić information content (AvgIpc) is 2.69. The minimum Gasteiger partial charge on any atom is -0.465 e. The molecule has 0 heterocycles. The Balaban J connectivity index is 2.54. The maximum Gasteiger partial charge on any atom is 0.325 e. The zero-order valence-electron chi connectivity index (χ0n) is 19.7. The maximum atomic E-state index is 12.2. The first-order valence-corrected chi connectivity index (χ1v) is 10.8. The van der Waals surface area contributed by atoms with Crippen molar-refractivity contribution in [3.63, 3.8) is 0 Å². The second-order valence-electron chi connectivity index (χ2n) is 7.89. The smallest absolute Gasteiger partial charge is 0.325 e. The number of allylic oxidation sites excluding steroid dienone is 7. The summed E-state index contributed by atoms with van der Waals surface area (Å²) in [5, 5.41) is 5.04. The standard InChI is InChI=1S/C25H34N2O5/c1-6-32-25(31)16-26-20-14-23(29)21(15-22(20)28)27-24(30)13-19(5)12-8-11-18(4)10-7-9-17(2)3/h9,11,13-15,26H,6-8,10,12,16H2,1-5H3,(H,27,30). The topological polar surface area (TPSA) is 102 Å². The largest absolute Gasteiger partial charge is 0.465 e. The molecule has 0 aliphatic heterocycles. The summed E-state index contributed by atoms with van der Waals surface area (Å²) < 4.78 is 4.76. The van der Waals surface area contributed by atoms with E-state index in [9.17, 15) is 19.2 Å². The molecule has 174 valence electrons. The molecule has 0 spiro atoms. The predicted molar refractivity (Wildman–Crippen MR) is 124 cm³/mol. The van der Waals surface area contributed by atoms with Gasteiger partial charge in [0, 0.05) is 18.2 Å². The van der Waals surface area contributed by atoms with Gasteiger partial charge in [0.1, 0.15) is 6.54 Å². The Morgan fingerprint density at radius 2 is 1.50 bits per heavy atom. The Morgan fingerprint density at radius 3 is 2.16 bits per heavy atom. The van der Waals surface area contributed by atoms with Gasteiger partial charge in [-0.1, -0.05) is 28.9 Å². The van der Waals surface area contributed by atoms with Crippen LogP contribution in [0.25, 0.3) is 0 Å². The minimum atomic E-state index is -0.532. The summed E-state index contributed by atoms with van der Waals surface area (Å²) in [7, 11) is 0. The Bertz CT molecular complexity index is 884. The predicted octanol–water partition coefficient (Wildman–Crippen LogP) is 3.59. The lowest BCUT2D eigenvalue weighted by Crippen LogP contribution is -2.33. The van der Waals surface area contributed by atoms with E-state index in [1.165, 1.54) is 17.2 Å². The van der Waals surface area contributed by atoms with Crippen LogP contribution in [-0.2, 0) is 23.9 Å². The van der Waals surface area contributed by atoms with Crippen LogP contribution in [0.15, 0.2) is 58.5 Å². The lowest BCUT2D eigenvalue weighted by atomic mass is 10.1. The third kappa shape index (κ3) is 10.7. The van der Waals surface area contributed by atoms with Crippen molar-refractivity contribution in [2.45, 2.75) is 60.3 Å². The molecule has 0 fully saturated rings. The van der Waals surface area contributed by atoms with Gasteiger partial charge in [-0.3, -0.25) is 19.2 Å². The van der Waals surface area contributed by atoms with Gasteiger partial charge in [0.15, 0.2) is 0 Å². The summed E-state index contributed by atoms with van der Waals surface area (Å²) in [5.74, 6) is -2.02. The van der Waals surface area contributed by atoms with Gasteiger partial charge in [-0.25, -0.2) is 0 Å². The molecule has 0 saturated heterocycles. The van der Waals surface area contributed by atoms with Gasteiger partial charge in [-0.05, 0) is 60.3 Å². The van der Waals surface area contributed by atoms with Gasteiger partial charge >= 0.3 is 5.97 Å². The van der Waals surface area contributed by atoms with Gasteiger partial charge in [0.2, 0.25) is 17.5 Å². The first-order valence-electron chi connectivity index (χ1n) is 10.8. The number of ketones is 2. The van der Waals surface area contributed by atoms with Crippen molar-refractivity contribution in [3.8, 4) is 0 Å². The van der Waals surface area contributed by atoms with Gasteiger partial charge in [-0.2, -0.15) is 0 Å². The molecule has 0 aromatic carbocycles. The highest BCUT2D eigenvalue weighted by Crippen LogP contribution is 2.12. The molecule has 0 aromatic heterocycles. The molecular weight excluding hydrogens is 408 g/mol. The van der Waals surface area contributed by atoms with Crippen molar-refractivity contribution in [1.82, 2.24) is 10.6 Å². The molecule has 1 amide bonds. The molecule has 7 nitrogen and oxygen atoms in total. The van der Waals surface area contributed by atoms with Gasteiger partial charge in [-0.15, -0.1) is 0 Å². The average molecular weight is 443 g/mol. The first kappa shape index (κ1) is 26.8. The molecule has 0 saturated carbocycles. The highest BCUT2D eigenvalue weighted by molar-refractivity contribution is 6.20. The van der Waals surface area contributed by atoms with Gasteiger partial charge in [0.05, 0.1) is 18.0 Å². The van der Waals surface area contributed by atoms with Crippen molar-refractivity contribution in [2.24, 2.45) is 0 Å². The molecular formula is C25H34N2O5. The molecule has 1 aliphatic carbocycles. The van der Waals surface area contributed by atoms with Crippen LogP contribution in [-0.4, -0.2) is 36.6 Å². The first-order chi connectivity index (χ1) is 15.1. The number of carbonyl (C=O) groups is 4. The van der Waals surface area contributed by atoms with Crippen LogP contribution < -0.4 is 10.6 Å². The van der Waals surface area contributed by atoms with E-state index in [0.29, 0.717) is 0 Å². The van der Waals surface area contributed by atoms with E-state index in [4.69, 9.17) is 4.74 Å². The second kappa shape index (κ2) is 14.0. The van der Waals surface area contributed by atoms with E-state index in [0.717, 1.165) is 43.4 Å². The minimum absolute atomic E-state index is 0.0143. The van der Waals surface area contributed by atoms with Gasteiger partial charge in [0.25, 0.3) is 0 Å². The molecule has 0 unspecified atom stereocenters. The Hall–Kier alpha value is -3.22. The van der Waals surface area contributed by atoms with E-state index in [1.807, 2.05) is 6.92 Å². The molecule has 1 rings (SSSR count). The number of ether oxygens (including phenoxy) is 1. The van der Waals surface area contributed by atoms with Gasteiger partial charge < -0.3 is 15.4 Å². The summed E-state index contributed by atoms with van der Waals surface area (Å²) in [6.45, 7) is 9.80. The highest BCUT2D eigenvalue weighted by atomic mass is 16.5. The van der Waals surface area contributed by atoms with Crippen LogP contribution in [0.1, 0.15) is 60.3 Å². The number of rotatable bonds is 12. The summed E-state index contributed by atoms with van der Waals surface area (Å²) in [4.78, 5) is 48.0. The van der Waals surface area contributed by atoms with Crippen LogP contribution in [0.3, 0.4) is 0 Å². The summed E-state index contributed by atoms with van der Waals surface area (Å²) >= 11 is 0. The lowest BCUT2D eigenvalue weighted by Gasteiger charge is -2.14. The normalized spacial score (nSPS) is 14.4. The van der Waals surface area contributed by atoms with E-state index in [-0.39, 0.29) is 24.5 Å². The van der Waals surface area contributed by atoms with Crippen molar-refractivity contribution < 1.29 is 23.9 Å². The van der Waals surface area contributed by atoms with Crippen molar-refractivity contribution in [3.05, 3.63) is 58.5 Å². The Morgan fingerprint density at radius 1 is 0.906 bits per heavy atom. The molecule has 7 heteroatoms. The van der Waals surface area contributed by atoms with E-state index in [2.05, 4.69) is 43.6 Å². The van der Waals surface area contributed by atoms with Crippen LogP contribution in [0.4, 0.5) is 0 Å². The molecule has 0 bridgehead atoms. The molecule has 32 heavy (non-hydrogen) atoms. The zero-order valence-corrected chi connectivity index (χ0v) is 19.7. The van der Waals surface area contributed by atoms with Crippen molar-refractivity contribution in [1.29, 1.82) is 0 Å². The molecule has 0 radical (unpaired) electrons. The van der Waals surface area contributed by atoms with Crippen molar-refractivity contribution in [2.75, 3.05) is 13.2 Å². The van der Waals surface area contributed by atoms with E-state index in [1.54, 1.807) is 6.92 Å². The number of hydrogen-bond acceptors (Lipinski definition) is 6. The van der Waals surface area contributed by atoms with Crippen LogP contribution in [0, 0.1) is 0 Å². The fourth-order valence-corrected chi connectivity index (χ4v) is 2.88. The Kier molecular flexibility index (Phi) is 11.7.